The molecular formula is C22H33N5O. The molecule has 0 radical (unpaired) electrons. The Morgan fingerprint density at radius 3 is 2.79 bits per heavy atom. The number of likely N-dealkylation sites (tertiary alicyclic amines) is 1. The van der Waals surface area contributed by atoms with Crippen LogP contribution in [0, 0.1) is 0 Å². The number of aromatic nitrogens is 1. The van der Waals surface area contributed by atoms with Gasteiger partial charge in [0.1, 0.15) is 6.54 Å². The quantitative estimate of drug-likeness (QED) is 0.566. The third-order valence-electron chi connectivity index (χ3n) is 5.18. The highest BCUT2D eigenvalue weighted by atomic mass is 16.5. The van der Waals surface area contributed by atoms with Gasteiger partial charge < -0.3 is 15.2 Å². The Bertz CT molecular complexity index is 755. The van der Waals surface area contributed by atoms with E-state index in [2.05, 4.69) is 78.7 Å². The molecule has 2 aromatic rings. The first-order valence-corrected chi connectivity index (χ1v) is 10.3. The van der Waals surface area contributed by atoms with Crippen LogP contribution in [0.3, 0.4) is 0 Å². The Morgan fingerprint density at radius 2 is 2.11 bits per heavy atom. The Balaban J connectivity index is 1.57. The van der Waals surface area contributed by atoms with Gasteiger partial charge in [0.15, 0.2) is 11.7 Å². The van der Waals surface area contributed by atoms with Gasteiger partial charge in [0.2, 0.25) is 0 Å². The van der Waals surface area contributed by atoms with Crippen molar-refractivity contribution < 1.29 is 4.52 Å². The summed E-state index contributed by atoms with van der Waals surface area (Å²) in [7, 11) is 0. The zero-order chi connectivity index (χ0) is 19.9. The summed E-state index contributed by atoms with van der Waals surface area (Å²) >= 11 is 0. The van der Waals surface area contributed by atoms with Crippen molar-refractivity contribution in [1.82, 2.24) is 20.7 Å². The largest absolute Gasteiger partial charge is 0.359 e. The lowest BCUT2D eigenvalue weighted by atomic mass is 10.1. The van der Waals surface area contributed by atoms with Crippen LogP contribution in [-0.4, -0.2) is 41.2 Å². The molecule has 1 aliphatic heterocycles. The van der Waals surface area contributed by atoms with Crippen LogP contribution in [0.4, 0.5) is 0 Å². The molecule has 2 unspecified atom stereocenters. The molecule has 2 heterocycles. The van der Waals surface area contributed by atoms with Crippen molar-refractivity contribution in [3.63, 3.8) is 0 Å². The van der Waals surface area contributed by atoms with E-state index in [0.29, 0.717) is 24.5 Å². The van der Waals surface area contributed by atoms with Gasteiger partial charge in [-0.2, -0.15) is 0 Å². The number of rotatable bonds is 7. The van der Waals surface area contributed by atoms with Gasteiger partial charge in [-0.3, -0.25) is 4.90 Å². The van der Waals surface area contributed by atoms with Gasteiger partial charge in [0.25, 0.3) is 0 Å². The van der Waals surface area contributed by atoms with E-state index in [1.54, 1.807) is 0 Å². The molecule has 3 rings (SSSR count). The van der Waals surface area contributed by atoms with E-state index in [4.69, 9.17) is 9.52 Å². The van der Waals surface area contributed by atoms with E-state index in [-0.39, 0.29) is 0 Å². The van der Waals surface area contributed by atoms with Gasteiger partial charge in [-0.15, -0.1) is 0 Å². The molecule has 1 aromatic heterocycles. The van der Waals surface area contributed by atoms with Crippen LogP contribution in [0.15, 0.2) is 45.9 Å². The minimum atomic E-state index is 0.364. The average molecular weight is 384 g/mol. The number of nitrogens with one attached hydrogen (secondary N) is 2. The third kappa shape index (κ3) is 5.58. The summed E-state index contributed by atoms with van der Waals surface area (Å²) in [6.45, 7) is 11.9. The van der Waals surface area contributed by atoms with Gasteiger partial charge in [-0.05, 0) is 31.7 Å². The lowest BCUT2D eigenvalue weighted by Crippen LogP contribution is -2.44. The van der Waals surface area contributed by atoms with Crippen molar-refractivity contribution in [2.24, 2.45) is 4.99 Å². The molecule has 0 amide bonds. The Labute approximate surface area is 168 Å². The van der Waals surface area contributed by atoms with E-state index in [9.17, 15) is 0 Å². The molecule has 1 aliphatic rings. The fourth-order valence-electron chi connectivity index (χ4n) is 3.59. The summed E-state index contributed by atoms with van der Waals surface area (Å²) < 4.78 is 5.40. The van der Waals surface area contributed by atoms with Crippen LogP contribution < -0.4 is 10.6 Å². The van der Waals surface area contributed by atoms with Crippen LogP contribution in [0.2, 0.25) is 0 Å². The smallest absolute Gasteiger partial charge is 0.191 e. The van der Waals surface area contributed by atoms with Gasteiger partial charge in [-0.1, -0.05) is 49.3 Å². The van der Waals surface area contributed by atoms with Crippen molar-refractivity contribution in [2.45, 2.75) is 65.2 Å². The maximum atomic E-state index is 5.40. The summed E-state index contributed by atoms with van der Waals surface area (Å²) in [5.74, 6) is 2.00. The summed E-state index contributed by atoms with van der Waals surface area (Å²) in [5.41, 5.74) is 2.34. The third-order valence-corrected chi connectivity index (χ3v) is 5.18. The highest BCUT2D eigenvalue weighted by Gasteiger charge is 2.29. The first kappa shape index (κ1) is 20.4. The lowest BCUT2D eigenvalue weighted by Gasteiger charge is -2.21. The fourth-order valence-corrected chi connectivity index (χ4v) is 3.59. The van der Waals surface area contributed by atoms with E-state index >= 15 is 0 Å². The molecule has 6 nitrogen and oxygen atoms in total. The molecule has 1 aromatic carbocycles. The zero-order valence-corrected chi connectivity index (χ0v) is 17.5. The van der Waals surface area contributed by atoms with Crippen molar-refractivity contribution in [1.29, 1.82) is 0 Å². The summed E-state index contributed by atoms with van der Waals surface area (Å²) in [6.07, 6.45) is 1.11. The van der Waals surface area contributed by atoms with Crippen molar-refractivity contribution >= 4 is 5.96 Å². The Kier molecular flexibility index (Phi) is 7.09. The lowest BCUT2D eigenvalue weighted by molar-refractivity contribution is 0.258. The molecule has 0 saturated carbocycles. The van der Waals surface area contributed by atoms with E-state index < -0.39 is 0 Å². The first-order valence-electron chi connectivity index (χ1n) is 10.3. The minimum Gasteiger partial charge on any atom is -0.359 e. The molecule has 2 N–H and O–H groups in total. The van der Waals surface area contributed by atoms with Gasteiger partial charge >= 0.3 is 0 Å². The maximum absolute atomic E-state index is 5.40. The minimum absolute atomic E-state index is 0.364. The topological polar surface area (TPSA) is 65.7 Å². The summed E-state index contributed by atoms with van der Waals surface area (Å²) in [6, 6.07) is 13.6. The van der Waals surface area contributed by atoms with E-state index in [1.165, 1.54) is 5.56 Å². The predicted octanol–water partition coefficient (Wildman–Crippen LogP) is 3.52. The second-order valence-electron chi connectivity index (χ2n) is 7.91. The molecule has 0 bridgehead atoms. The SMILES string of the molecule is CCNC(=NCc1cc(C(C)C)no1)NC1CC(C)N(Cc2ccccc2)C1. The highest BCUT2D eigenvalue weighted by molar-refractivity contribution is 5.80. The van der Waals surface area contributed by atoms with Crippen LogP contribution in [0.5, 0.6) is 0 Å². The number of benzene rings is 1. The van der Waals surface area contributed by atoms with E-state index in [0.717, 1.165) is 43.5 Å². The molecular weight excluding hydrogens is 350 g/mol. The van der Waals surface area contributed by atoms with Crippen LogP contribution in [-0.2, 0) is 13.1 Å². The normalized spacial score (nSPS) is 20.7. The van der Waals surface area contributed by atoms with Crippen LogP contribution >= 0.6 is 0 Å². The highest BCUT2D eigenvalue weighted by Crippen LogP contribution is 2.20. The molecule has 1 fully saturated rings. The summed E-state index contributed by atoms with van der Waals surface area (Å²) in [5, 5.41) is 11.1. The molecule has 28 heavy (non-hydrogen) atoms. The Hall–Kier alpha value is -2.34. The Morgan fingerprint density at radius 1 is 1.32 bits per heavy atom. The number of hydrogen-bond donors (Lipinski definition) is 2. The average Bonchev–Trinajstić information content (AvgIpc) is 3.28. The molecule has 0 spiro atoms. The zero-order valence-electron chi connectivity index (χ0n) is 17.5. The first-order chi connectivity index (χ1) is 13.5. The van der Waals surface area contributed by atoms with Crippen molar-refractivity contribution in [3.8, 4) is 0 Å². The van der Waals surface area contributed by atoms with Gasteiger partial charge in [0.05, 0.1) is 5.69 Å². The molecule has 152 valence electrons. The fraction of sp³-hybridized carbons (Fsp3) is 0.545. The van der Waals surface area contributed by atoms with Crippen molar-refractivity contribution in [2.75, 3.05) is 13.1 Å². The van der Waals surface area contributed by atoms with Crippen LogP contribution in [0.25, 0.3) is 0 Å². The molecule has 2 atom stereocenters. The van der Waals surface area contributed by atoms with Crippen LogP contribution in [0.1, 0.15) is 57.1 Å². The maximum Gasteiger partial charge on any atom is 0.191 e. The number of aliphatic imine (C=N–C) groups is 1. The predicted molar refractivity (Wildman–Crippen MR) is 113 cm³/mol. The number of nitrogens with zero attached hydrogens (tertiary/aromatic N) is 3. The second kappa shape index (κ2) is 9.73. The molecule has 1 saturated heterocycles. The standard InChI is InChI=1S/C22H33N5O/c1-5-23-22(24-13-20-12-21(16(2)3)26-28-20)25-19-11-17(4)27(15-19)14-18-9-7-6-8-10-18/h6-10,12,16-17,19H,5,11,13-15H2,1-4H3,(H2,23,24,25). The van der Waals surface area contributed by atoms with E-state index in [1.807, 2.05) is 6.07 Å². The monoisotopic (exact) mass is 383 g/mol. The molecule has 0 aliphatic carbocycles. The molecule has 6 heteroatoms. The second-order valence-corrected chi connectivity index (χ2v) is 7.91. The summed E-state index contributed by atoms with van der Waals surface area (Å²) in [4.78, 5) is 7.23. The number of guanidine groups is 1. The van der Waals surface area contributed by atoms with Crippen molar-refractivity contribution in [3.05, 3.63) is 53.4 Å². The van der Waals surface area contributed by atoms with Gasteiger partial charge in [-0.25, -0.2) is 4.99 Å². The number of hydrogen-bond acceptors (Lipinski definition) is 4. The van der Waals surface area contributed by atoms with Gasteiger partial charge in [0, 0.05) is 37.8 Å².